The maximum absolute atomic E-state index is 4.28. The first kappa shape index (κ1) is 14.5. The summed E-state index contributed by atoms with van der Waals surface area (Å²) in [4.78, 5) is 4.28. The minimum absolute atomic E-state index is 0.492. The first-order valence-electron chi connectivity index (χ1n) is 6.27. The van der Waals surface area contributed by atoms with Gasteiger partial charge in [0.1, 0.15) is 12.2 Å². The van der Waals surface area contributed by atoms with Gasteiger partial charge in [-0.05, 0) is 18.2 Å². The van der Waals surface area contributed by atoms with E-state index >= 15 is 0 Å². The first-order valence-corrected chi connectivity index (χ1v) is 7.43. The molecule has 0 saturated heterocycles. The Morgan fingerprint density at radius 2 is 2.18 bits per heavy atom. The monoisotopic (exact) mass is 256 g/mol. The van der Waals surface area contributed by atoms with E-state index < -0.39 is 0 Å². The minimum Gasteiger partial charge on any atom is -0.313 e. The van der Waals surface area contributed by atoms with Crippen molar-refractivity contribution in [1.82, 2.24) is 20.1 Å². The molecule has 1 aromatic rings. The molecule has 1 rings (SSSR count). The molecule has 1 unspecified atom stereocenters. The molecule has 4 nitrogen and oxygen atoms in total. The molecule has 0 aliphatic carbocycles. The van der Waals surface area contributed by atoms with E-state index in [0.29, 0.717) is 6.04 Å². The smallest absolute Gasteiger partial charge is 0.138 e. The summed E-state index contributed by atoms with van der Waals surface area (Å²) in [6.45, 7) is 7.68. The summed E-state index contributed by atoms with van der Waals surface area (Å²) >= 11 is 2.02. The summed E-state index contributed by atoms with van der Waals surface area (Å²) in [5, 5.41) is 7.63. The Balaban J connectivity index is 2.40. The largest absolute Gasteiger partial charge is 0.313 e. The van der Waals surface area contributed by atoms with Gasteiger partial charge in [-0.25, -0.2) is 4.98 Å². The number of hydrogen-bond acceptors (Lipinski definition) is 4. The molecule has 0 aliphatic heterocycles. The summed E-state index contributed by atoms with van der Waals surface area (Å²) in [5.41, 5.74) is 0. The van der Waals surface area contributed by atoms with Gasteiger partial charge in [-0.15, -0.1) is 0 Å². The highest BCUT2D eigenvalue weighted by atomic mass is 32.2. The van der Waals surface area contributed by atoms with Gasteiger partial charge < -0.3 is 5.32 Å². The van der Waals surface area contributed by atoms with Crippen molar-refractivity contribution in [1.29, 1.82) is 0 Å². The molecule has 0 aromatic carbocycles. The van der Waals surface area contributed by atoms with Crippen LogP contribution >= 0.6 is 11.8 Å². The van der Waals surface area contributed by atoms with E-state index in [0.717, 1.165) is 30.5 Å². The number of nitrogens with one attached hydrogen (secondary N) is 1. The molecule has 0 amide bonds. The second-order valence-corrected chi connectivity index (χ2v) is 5.76. The Hall–Kier alpha value is -0.550. The standard InChI is InChI=1S/C12H24N4S/c1-5-13-11(8-17-7-10(2)3)6-12-14-9-15-16(12)4/h9-11,13H,5-8H2,1-4H3. The molecular weight excluding hydrogens is 232 g/mol. The minimum atomic E-state index is 0.492. The Kier molecular flexibility index (Phi) is 6.58. The van der Waals surface area contributed by atoms with Crippen LogP contribution in [-0.4, -0.2) is 38.9 Å². The molecule has 0 aliphatic rings. The molecule has 0 saturated carbocycles. The average Bonchev–Trinajstić information content (AvgIpc) is 2.64. The fraction of sp³-hybridized carbons (Fsp3) is 0.833. The summed E-state index contributed by atoms with van der Waals surface area (Å²) in [7, 11) is 1.95. The van der Waals surface area contributed by atoms with E-state index in [9.17, 15) is 0 Å². The number of hydrogen-bond donors (Lipinski definition) is 1. The lowest BCUT2D eigenvalue weighted by molar-refractivity contribution is 0.542. The van der Waals surface area contributed by atoms with E-state index in [1.54, 1.807) is 6.33 Å². The molecule has 98 valence electrons. The quantitative estimate of drug-likeness (QED) is 0.769. The summed E-state index contributed by atoms with van der Waals surface area (Å²) < 4.78 is 1.86. The third-order valence-electron chi connectivity index (χ3n) is 2.50. The number of thioether (sulfide) groups is 1. The van der Waals surface area contributed by atoms with Gasteiger partial charge in [0.05, 0.1) is 0 Å². The van der Waals surface area contributed by atoms with Crippen LogP contribution in [0.1, 0.15) is 26.6 Å². The lowest BCUT2D eigenvalue weighted by Crippen LogP contribution is -2.34. The van der Waals surface area contributed by atoms with Crippen LogP contribution in [0, 0.1) is 5.92 Å². The fourth-order valence-electron chi connectivity index (χ4n) is 1.65. The van der Waals surface area contributed by atoms with E-state index in [1.165, 1.54) is 5.75 Å². The van der Waals surface area contributed by atoms with E-state index in [1.807, 2.05) is 23.5 Å². The fourth-order valence-corrected chi connectivity index (χ4v) is 2.78. The maximum Gasteiger partial charge on any atom is 0.138 e. The molecule has 17 heavy (non-hydrogen) atoms. The number of likely N-dealkylation sites (N-methyl/N-ethyl adjacent to an activating group) is 1. The van der Waals surface area contributed by atoms with Crippen LogP contribution in [0.15, 0.2) is 6.33 Å². The molecule has 0 radical (unpaired) electrons. The zero-order valence-electron chi connectivity index (χ0n) is 11.3. The van der Waals surface area contributed by atoms with Crippen LogP contribution in [-0.2, 0) is 13.5 Å². The van der Waals surface area contributed by atoms with Crippen LogP contribution in [0.3, 0.4) is 0 Å². The zero-order valence-corrected chi connectivity index (χ0v) is 12.1. The van der Waals surface area contributed by atoms with E-state index in [2.05, 4.69) is 36.2 Å². The Morgan fingerprint density at radius 1 is 1.41 bits per heavy atom. The molecule has 1 atom stereocenters. The molecule has 1 N–H and O–H groups in total. The van der Waals surface area contributed by atoms with E-state index in [4.69, 9.17) is 0 Å². The Morgan fingerprint density at radius 3 is 2.71 bits per heavy atom. The van der Waals surface area contributed by atoms with Gasteiger partial charge in [0, 0.05) is 25.3 Å². The molecule has 1 aromatic heterocycles. The molecule has 0 spiro atoms. The van der Waals surface area contributed by atoms with Crippen molar-refractivity contribution in [2.24, 2.45) is 13.0 Å². The second-order valence-electron chi connectivity index (χ2n) is 4.69. The predicted octanol–water partition coefficient (Wildman–Crippen LogP) is 1.72. The van der Waals surface area contributed by atoms with Gasteiger partial charge in [0.15, 0.2) is 0 Å². The highest BCUT2D eigenvalue weighted by Crippen LogP contribution is 2.11. The number of rotatable bonds is 8. The highest BCUT2D eigenvalue weighted by Gasteiger charge is 2.12. The lowest BCUT2D eigenvalue weighted by Gasteiger charge is -2.17. The maximum atomic E-state index is 4.28. The van der Waals surface area contributed by atoms with Gasteiger partial charge in [-0.1, -0.05) is 20.8 Å². The second kappa shape index (κ2) is 7.71. The van der Waals surface area contributed by atoms with Crippen LogP contribution in [0.25, 0.3) is 0 Å². The van der Waals surface area contributed by atoms with Crippen molar-refractivity contribution < 1.29 is 0 Å². The van der Waals surface area contributed by atoms with Crippen LogP contribution < -0.4 is 5.32 Å². The van der Waals surface area contributed by atoms with Crippen LogP contribution in [0.5, 0.6) is 0 Å². The van der Waals surface area contributed by atoms with E-state index in [-0.39, 0.29) is 0 Å². The number of nitrogens with zero attached hydrogens (tertiary/aromatic N) is 3. The Bertz CT molecular complexity index is 311. The predicted molar refractivity (Wildman–Crippen MR) is 74.3 cm³/mol. The number of aromatic nitrogens is 3. The van der Waals surface area contributed by atoms with Gasteiger partial charge in [-0.3, -0.25) is 4.68 Å². The van der Waals surface area contributed by atoms with Crippen LogP contribution in [0.2, 0.25) is 0 Å². The Labute approximate surface area is 109 Å². The van der Waals surface area contributed by atoms with Crippen molar-refractivity contribution >= 4 is 11.8 Å². The van der Waals surface area contributed by atoms with Gasteiger partial charge in [-0.2, -0.15) is 16.9 Å². The lowest BCUT2D eigenvalue weighted by atomic mass is 10.2. The SMILES string of the molecule is CCNC(CSCC(C)C)Cc1ncnn1C. The summed E-state index contributed by atoms with van der Waals surface area (Å²) in [6.07, 6.45) is 2.58. The molecule has 1 heterocycles. The third-order valence-corrected chi connectivity index (χ3v) is 4.04. The highest BCUT2D eigenvalue weighted by molar-refractivity contribution is 7.99. The number of aryl methyl sites for hydroxylation is 1. The van der Waals surface area contributed by atoms with Crippen molar-refractivity contribution in [2.75, 3.05) is 18.1 Å². The van der Waals surface area contributed by atoms with Crippen molar-refractivity contribution in [3.8, 4) is 0 Å². The normalized spacial score (nSPS) is 13.2. The van der Waals surface area contributed by atoms with Crippen molar-refractivity contribution in [3.63, 3.8) is 0 Å². The average molecular weight is 256 g/mol. The van der Waals surface area contributed by atoms with Gasteiger partial charge in [0.2, 0.25) is 0 Å². The van der Waals surface area contributed by atoms with Crippen molar-refractivity contribution in [2.45, 2.75) is 33.2 Å². The molecule has 5 heteroatoms. The van der Waals surface area contributed by atoms with Gasteiger partial charge >= 0.3 is 0 Å². The molecule has 0 bridgehead atoms. The molecule has 0 fully saturated rings. The van der Waals surface area contributed by atoms with Crippen molar-refractivity contribution in [3.05, 3.63) is 12.2 Å². The van der Waals surface area contributed by atoms with Gasteiger partial charge in [0.25, 0.3) is 0 Å². The topological polar surface area (TPSA) is 42.7 Å². The summed E-state index contributed by atoms with van der Waals surface area (Å²) in [5.74, 6) is 4.18. The zero-order chi connectivity index (χ0) is 12.7. The summed E-state index contributed by atoms with van der Waals surface area (Å²) in [6, 6.07) is 0.492. The van der Waals surface area contributed by atoms with Crippen LogP contribution in [0.4, 0.5) is 0 Å². The first-order chi connectivity index (χ1) is 8.13. The third kappa shape index (κ3) is 5.55. The molecular formula is C12H24N4S.